The van der Waals surface area contributed by atoms with Crippen molar-refractivity contribution in [2.45, 2.75) is 55.2 Å². The highest BCUT2D eigenvalue weighted by atomic mass is 32.2. The average Bonchev–Trinajstić information content (AvgIpc) is 2.87. The van der Waals surface area contributed by atoms with Gasteiger partial charge in [0.1, 0.15) is 0 Å². The number of aryl methyl sites for hydroxylation is 2. The SMILES string of the molecule is Cc1ccnc(-c2cc(CCCCCCCN3c4ccccc4Sc4ccccc43)ccn2)c1. The third-order valence-electron chi connectivity index (χ3n) is 6.38. The second-order valence-corrected chi connectivity index (χ2v) is 10.1. The molecule has 5 rings (SSSR count). The second kappa shape index (κ2) is 10.9. The fraction of sp³-hybridized carbons (Fsp3) is 0.267. The molecule has 3 heterocycles. The van der Waals surface area contributed by atoms with Crippen LogP contribution in [0.1, 0.15) is 43.2 Å². The number of hydrogen-bond donors (Lipinski definition) is 0. The largest absolute Gasteiger partial charge is 0.340 e. The summed E-state index contributed by atoms with van der Waals surface area (Å²) in [6.45, 7) is 3.17. The van der Waals surface area contributed by atoms with E-state index in [1.165, 1.54) is 64.4 Å². The summed E-state index contributed by atoms with van der Waals surface area (Å²) < 4.78 is 0. The molecule has 0 aliphatic carbocycles. The van der Waals surface area contributed by atoms with Gasteiger partial charge in [-0.05, 0) is 85.8 Å². The van der Waals surface area contributed by atoms with E-state index in [1.54, 1.807) is 0 Å². The Balaban J connectivity index is 1.09. The first-order valence-electron chi connectivity index (χ1n) is 12.3. The number of anilines is 2. The van der Waals surface area contributed by atoms with Gasteiger partial charge in [0.25, 0.3) is 0 Å². The van der Waals surface area contributed by atoms with Crippen molar-refractivity contribution >= 4 is 23.1 Å². The van der Waals surface area contributed by atoms with E-state index >= 15 is 0 Å². The van der Waals surface area contributed by atoms with Gasteiger partial charge in [0, 0.05) is 28.7 Å². The summed E-state index contributed by atoms with van der Waals surface area (Å²) in [6.07, 6.45) is 11.1. The fourth-order valence-electron chi connectivity index (χ4n) is 4.60. The van der Waals surface area contributed by atoms with Crippen LogP contribution in [0.25, 0.3) is 11.4 Å². The van der Waals surface area contributed by atoms with Crippen LogP contribution in [0.15, 0.2) is 95.0 Å². The molecule has 3 nitrogen and oxygen atoms in total. The molecule has 0 unspecified atom stereocenters. The van der Waals surface area contributed by atoms with Gasteiger partial charge < -0.3 is 4.90 Å². The van der Waals surface area contributed by atoms with Crippen molar-refractivity contribution in [3.8, 4) is 11.4 Å². The molecule has 0 fully saturated rings. The molecule has 4 aromatic rings. The predicted molar refractivity (Wildman–Crippen MR) is 143 cm³/mol. The summed E-state index contributed by atoms with van der Waals surface area (Å²) in [5.74, 6) is 0. The lowest BCUT2D eigenvalue weighted by Gasteiger charge is -2.32. The number of benzene rings is 2. The average molecular weight is 466 g/mol. The van der Waals surface area contributed by atoms with Crippen LogP contribution in [0.3, 0.4) is 0 Å². The third-order valence-corrected chi connectivity index (χ3v) is 7.51. The summed E-state index contributed by atoms with van der Waals surface area (Å²) >= 11 is 1.88. The summed E-state index contributed by atoms with van der Waals surface area (Å²) in [7, 11) is 0. The van der Waals surface area contributed by atoms with Crippen LogP contribution in [0.5, 0.6) is 0 Å². The van der Waals surface area contributed by atoms with Crippen LogP contribution in [-0.2, 0) is 6.42 Å². The molecular weight excluding hydrogens is 434 g/mol. The van der Waals surface area contributed by atoms with E-state index in [0.29, 0.717) is 0 Å². The molecule has 172 valence electrons. The number of rotatable bonds is 9. The van der Waals surface area contributed by atoms with Crippen LogP contribution in [-0.4, -0.2) is 16.5 Å². The summed E-state index contributed by atoms with van der Waals surface area (Å²) in [4.78, 5) is 14.2. The number of aromatic nitrogens is 2. The Labute approximate surface area is 207 Å². The second-order valence-electron chi connectivity index (χ2n) is 8.97. The summed E-state index contributed by atoms with van der Waals surface area (Å²) in [5, 5.41) is 0. The molecule has 34 heavy (non-hydrogen) atoms. The first kappa shape index (κ1) is 22.7. The Morgan fingerprint density at radius 2 is 1.29 bits per heavy atom. The summed E-state index contributed by atoms with van der Waals surface area (Å²) in [5.41, 5.74) is 7.20. The number of nitrogens with zero attached hydrogens (tertiary/aromatic N) is 3. The summed E-state index contributed by atoms with van der Waals surface area (Å²) in [6, 6.07) is 26.0. The molecule has 0 bridgehead atoms. The van der Waals surface area contributed by atoms with Crippen LogP contribution in [0, 0.1) is 6.92 Å². The lowest BCUT2D eigenvalue weighted by atomic mass is 10.0. The van der Waals surface area contributed by atoms with Crippen LogP contribution >= 0.6 is 11.8 Å². The van der Waals surface area contributed by atoms with Crippen molar-refractivity contribution in [3.05, 3.63) is 96.3 Å². The molecule has 0 N–H and O–H groups in total. The van der Waals surface area contributed by atoms with Crippen molar-refractivity contribution in [2.75, 3.05) is 11.4 Å². The Hall–Kier alpha value is -3.11. The van der Waals surface area contributed by atoms with Gasteiger partial charge in [-0.15, -0.1) is 0 Å². The van der Waals surface area contributed by atoms with Crippen molar-refractivity contribution in [3.63, 3.8) is 0 Å². The zero-order valence-electron chi connectivity index (χ0n) is 19.8. The van der Waals surface area contributed by atoms with Gasteiger partial charge in [-0.25, -0.2) is 0 Å². The molecular formula is C30H31N3S. The van der Waals surface area contributed by atoms with Gasteiger partial charge >= 0.3 is 0 Å². The number of para-hydroxylation sites is 2. The topological polar surface area (TPSA) is 29.0 Å². The Morgan fingerprint density at radius 1 is 0.676 bits per heavy atom. The Kier molecular flexibility index (Phi) is 7.25. The van der Waals surface area contributed by atoms with Gasteiger partial charge in [-0.1, -0.05) is 55.3 Å². The zero-order valence-corrected chi connectivity index (χ0v) is 20.6. The van der Waals surface area contributed by atoms with E-state index in [9.17, 15) is 0 Å². The van der Waals surface area contributed by atoms with E-state index in [0.717, 1.165) is 24.4 Å². The number of unbranched alkanes of at least 4 members (excludes halogenated alkanes) is 4. The molecule has 0 spiro atoms. The fourth-order valence-corrected chi connectivity index (χ4v) is 5.69. The van der Waals surface area contributed by atoms with Crippen molar-refractivity contribution in [1.82, 2.24) is 9.97 Å². The zero-order chi connectivity index (χ0) is 23.2. The highest BCUT2D eigenvalue weighted by Crippen LogP contribution is 2.47. The van der Waals surface area contributed by atoms with Crippen LogP contribution in [0.2, 0.25) is 0 Å². The maximum Gasteiger partial charge on any atom is 0.0888 e. The molecule has 0 saturated carbocycles. The van der Waals surface area contributed by atoms with Gasteiger partial charge in [0.15, 0.2) is 0 Å². The maximum absolute atomic E-state index is 4.53. The molecule has 2 aromatic carbocycles. The molecule has 0 radical (unpaired) electrons. The standard InChI is InChI=1S/C30H31N3S/c1-23-16-18-31-25(21-23)26-22-24(17-19-32-26)11-5-3-2-4-10-20-33-27-12-6-8-14-29(27)34-30-15-9-7-13-28(30)33/h6-9,12-19,21-22H,2-5,10-11,20H2,1H3. The monoisotopic (exact) mass is 465 g/mol. The molecule has 1 aliphatic rings. The van der Waals surface area contributed by atoms with E-state index in [-0.39, 0.29) is 0 Å². The number of pyridine rings is 2. The Bertz CT molecular complexity index is 1210. The van der Waals surface area contributed by atoms with Gasteiger partial charge in [0.2, 0.25) is 0 Å². The maximum atomic E-state index is 4.53. The number of fused-ring (bicyclic) bond motifs is 2. The highest BCUT2D eigenvalue weighted by molar-refractivity contribution is 7.99. The van der Waals surface area contributed by atoms with E-state index in [4.69, 9.17) is 0 Å². The minimum atomic E-state index is 0.959. The van der Waals surface area contributed by atoms with Gasteiger partial charge in [-0.2, -0.15) is 0 Å². The molecule has 4 heteroatoms. The minimum Gasteiger partial charge on any atom is -0.340 e. The molecule has 0 saturated heterocycles. The normalized spacial score (nSPS) is 12.3. The van der Waals surface area contributed by atoms with Crippen LogP contribution < -0.4 is 4.90 Å². The molecule has 0 amide bonds. The lowest BCUT2D eigenvalue weighted by molar-refractivity contribution is 0.614. The van der Waals surface area contributed by atoms with Crippen molar-refractivity contribution < 1.29 is 0 Å². The lowest BCUT2D eigenvalue weighted by Crippen LogP contribution is -2.21. The minimum absolute atomic E-state index is 0.959. The predicted octanol–water partition coefficient (Wildman–Crippen LogP) is 8.25. The van der Waals surface area contributed by atoms with E-state index in [1.807, 2.05) is 30.2 Å². The van der Waals surface area contributed by atoms with E-state index in [2.05, 4.69) is 88.5 Å². The van der Waals surface area contributed by atoms with Gasteiger partial charge in [0.05, 0.1) is 22.8 Å². The van der Waals surface area contributed by atoms with Gasteiger partial charge in [-0.3, -0.25) is 9.97 Å². The molecule has 0 atom stereocenters. The van der Waals surface area contributed by atoms with Crippen molar-refractivity contribution in [1.29, 1.82) is 0 Å². The smallest absolute Gasteiger partial charge is 0.0888 e. The Morgan fingerprint density at radius 3 is 2.03 bits per heavy atom. The highest BCUT2D eigenvalue weighted by Gasteiger charge is 2.22. The first-order valence-corrected chi connectivity index (χ1v) is 13.1. The van der Waals surface area contributed by atoms with Crippen LogP contribution in [0.4, 0.5) is 11.4 Å². The molecule has 1 aliphatic heterocycles. The van der Waals surface area contributed by atoms with E-state index < -0.39 is 0 Å². The first-order chi connectivity index (χ1) is 16.8. The molecule has 2 aromatic heterocycles. The third kappa shape index (κ3) is 5.34. The number of hydrogen-bond acceptors (Lipinski definition) is 4. The quantitative estimate of drug-likeness (QED) is 0.233. The van der Waals surface area contributed by atoms with Crippen molar-refractivity contribution in [2.24, 2.45) is 0 Å².